The molecule has 148 valence electrons. The fourth-order valence-electron chi connectivity index (χ4n) is 5.23. The Morgan fingerprint density at radius 1 is 0.821 bits per heavy atom. The van der Waals surface area contributed by atoms with Crippen molar-refractivity contribution in [2.75, 3.05) is 31.1 Å². The summed E-state index contributed by atoms with van der Waals surface area (Å²) in [6.07, 6.45) is 8.13. The molecule has 28 heavy (non-hydrogen) atoms. The summed E-state index contributed by atoms with van der Waals surface area (Å²) in [5.74, 6) is 0.268. The summed E-state index contributed by atoms with van der Waals surface area (Å²) in [7, 11) is 0. The van der Waals surface area contributed by atoms with E-state index >= 15 is 0 Å². The zero-order chi connectivity index (χ0) is 18.2. The smallest absolute Gasteiger partial charge is 0.227 e. The molecule has 0 unspecified atom stereocenters. The Balaban J connectivity index is 0.00000192. The number of piperazine rings is 1. The number of carbonyl (C=O) groups excluding carboxylic acids is 1. The van der Waals surface area contributed by atoms with Crippen LogP contribution in [0, 0.1) is 0 Å². The van der Waals surface area contributed by atoms with E-state index in [0.717, 1.165) is 31.7 Å². The molecule has 2 aliphatic carbocycles. The number of carbonyl (C=O) groups is 1. The summed E-state index contributed by atoms with van der Waals surface area (Å²) in [4.78, 5) is 17.4. The average molecular weight is 397 g/mol. The zero-order valence-corrected chi connectivity index (χ0v) is 17.3. The maximum Gasteiger partial charge on any atom is 0.227 e. The molecule has 0 saturated carbocycles. The SMILES string of the molecule is Cl.O=C(Cc1ccccc1)N1CCN(c2c3c(cc4c2CCC4)CCC3)CC1. The van der Waals surface area contributed by atoms with Gasteiger partial charge in [0.05, 0.1) is 6.42 Å². The number of amides is 1. The third-order valence-electron chi connectivity index (χ3n) is 6.59. The molecule has 1 fully saturated rings. The lowest BCUT2D eigenvalue weighted by molar-refractivity contribution is -0.130. The van der Waals surface area contributed by atoms with E-state index < -0.39 is 0 Å². The molecule has 0 radical (unpaired) electrons. The Morgan fingerprint density at radius 3 is 2.04 bits per heavy atom. The van der Waals surface area contributed by atoms with Crippen LogP contribution in [0.1, 0.15) is 40.7 Å². The van der Waals surface area contributed by atoms with Gasteiger partial charge in [-0.1, -0.05) is 36.4 Å². The third-order valence-corrected chi connectivity index (χ3v) is 6.59. The number of anilines is 1. The van der Waals surface area contributed by atoms with Crippen molar-refractivity contribution >= 4 is 24.0 Å². The fourth-order valence-corrected chi connectivity index (χ4v) is 5.23. The number of hydrogen-bond donors (Lipinski definition) is 0. The van der Waals surface area contributed by atoms with Crippen molar-refractivity contribution in [3.8, 4) is 0 Å². The summed E-state index contributed by atoms with van der Waals surface area (Å²) in [5.41, 5.74) is 9.14. The molecule has 1 amide bonds. The standard InChI is InChI=1S/C24H28N2O.ClH/c27-23(16-18-6-2-1-3-7-18)25-12-14-26(15-13-25)24-21-10-4-8-19(21)17-20-9-5-11-22(20)24;/h1-3,6-7,17H,4-5,8-16H2;1H. The molecule has 0 bridgehead atoms. The van der Waals surface area contributed by atoms with Gasteiger partial charge in [-0.3, -0.25) is 4.79 Å². The minimum Gasteiger partial charge on any atom is -0.368 e. The molecule has 0 aromatic heterocycles. The van der Waals surface area contributed by atoms with Gasteiger partial charge in [0.15, 0.2) is 0 Å². The van der Waals surface area contributed by atoms with Crippen LogP contribution in [0.4, 0.5) is 5.69 Å². The molecule has 2 aromatic rings. The Labute approximate surface area is 174 Å². The van der Waals surface area contributed by atoms with Gasteiger partial charge in [0, 0.05) is 31.9 Å². The van der Waals surface area contributed by atoms with Crippen molar-refractivity contribution < 1.29 is 4.79 Å². The molecule has 4 heteroatoms. The van der Waals surface area contributed by atoms with Gasteiger partial charge in [-0.25, -0.2) is 0 Å². The number of benzene rings is 2. The van der Waals surface area contributed by atoms with Gasteiger partial charge in [-0.2, -0.15) is 0 Å². The monoisotopic (exact) mass is 396 g/mol. The highest BCUT2D eigenvalue weighted by Crippen LogP contribution is 2.40. The quantitative estimate of drug-likeness (QED) is 0.783. The van der Waals surface area contributed by atoms with Crippen molar-refractivity contribution in [3.63, 3.8) is 0 Å². The van der Waals surface area contributed by atoms with Gasteiger partial charge in [-0.15, -0.1) is 12.4 Å². The van der Waals surface area contributed by atoms with E-state index in [4.69, 9.17) is 0 Å². The Hall–Kier alpha value is -2.00. The summed E-state index contributed by atoms with van der Waals surface area (Å²) < 4.78 is 0. The largest absolute Gasteiger partial charge is 0.368 e. The van der Waals surface area contributed by atoms with Crippen molar-refractivity contribution in [2.24, 2.45) is 0 Å². The number of rotatable bonds is 3. The van der Waals surface area contributed by atoms with E-state index in [2.05, 4.69) is 15.9 Å². The van der Waals surface area contributed by atoms with Gasteiger partial charge < -0.3 is 9.80 Å². The molecule has 3 aliphatic rings. The molecular weight excluding hydrogens is 368 g/mol. The molecule has 1 aliphatic heterocycles. The average Bonchev–Trinajstić information content (AvgIpc) is 3.36. The highest BCUT2D eigenvalue weighted by Gasteiger charge is 2.29. The molecule has 0 N–H and O–H groups in total. The van der Waals surface area contributed by atoms with Gasteiger partial charge in [-0.05, 0) is 66.3 Å². The van der Waals surface area contributed by atoms with E-state index in [1.807, 2.05) is 30.3 Å². The van der Waals surface area contributed by atoms with E-state index in [-0.39, 0.29) is 18.3 Å². The minimum atomic E-state index is 0. The molecule has 3 nitrogen and oxygen atoms in total. The second-order valence-corrected chi connectivity index (χ2v) is 8.24. The number of aryl methyl sites for hydroxylation is 2. The van der Waals surface area contributed by atoms with Crippen LogP contribution in [-0.4, -0.2) is 37.0 Å². The molecule has 0 spiro atoms. The zero-order valence-electron chi connectivity index (χ0n) is 16.5. The predicted molar refractivity (Wildman–Crippen MR) is 117 cm³/mol. The molecule has 1 heterocycles. The fraction of sp³-hybridized carbons (Fsp3) is 0.458. The van der Waals surface area contributed by atoms with Crippen molar-refractivity contribution in [1.29, 1.82) is 0 Å². The Bertz CT molecular complexity index is 824. The first-order valence-corrected chi connectivity index (χ1v) is 10.5. The van der Waals surface area contributed by atoms with Crippen molar-refractivity contribution in [3.05, 3.63) is 64.2 Å². The summed E-state index contributed by atoms with van der Waals surface area (Å²) in [6, 6.07) is 12.6. The lowest BCUT2D eigenvalue weighted by Gasteiger charge is -2.38. The maximum absolute atomic E-state index is 12.7. The first-order valence-electron chi connectivity index (χ1n) is 10.5. The molecular formula is C24H29ClN2O. The topological polar surface area (TPSA) is 23.6 Å². The van der Waals surface area contributed by atoms with Gasteiger partial charge in [0.25, 0.3) is 0 Å². The molecule has 2 aromatic carbocycles. The molecule has 1 saturated heterocycles. The number of halogens is 1. The van der Waals surface area contributed by atoms with E-state index in [1.165, 1.54) is 38.5 Å². The molecule has 5 rings (SSSR count). The van der Waals surface area contributed by atoms with E-state index in [9.17, 15) is 4.79 Å². The van der Waals surface area contributed by atoms with Crippen LogP contribution in [0.15, 0.2) is 36.4 Å². The van der Waals surface area contributed by atoms with Crippen LogP contribution in [0.2, 0.25) is 0 Å². The Morgan fingerprint density at radius 2 is 1.43 bits per heavy atom. The second kappa shape index (κ2) is 8.16. The molecule has 0 atom stereocenters. The third kappa shape index (κ3) is 3.53. The van der Waals surface area contributed by atoms with Crippen LogP contribution in [0.3, 0.4) is 0 Å². The van der Waals surface area contributed by atoms with Crippen LogP contribution in [0.5, 0.6) is 0 Å². The summed E-state index contributed by atoms with van der Waals surface area (Å²) in [6.45, 7) is 3.65. The van der Waals surface area contributed by atoms with Gasteiger partial charge in [0.2, 0.25) is 5.91 Å². The van der Waals surface area contributed by atoms with Crippen LogP contribution < -0.4 is 4.90 Å². The van der Waals surface area contributed by atoms with Gasteiger partial charge >= 0.3 is 0 Å². The maximum atomic E-state index is 12.7. The minimum absolute atomic E-state index is 0. The van der Waals surface area contributed by atoms with Crippen LogP contribution in [-0.2, 0) is 36.9 Å². The van der Waals surface area contributed by atoms with Crippen LogP contribution >= 0.6 is 12.4 Å². The number of fused-ring (bicyclic) bond motifs is 2. The van der Waals surface area contributed by atoms with Crippen molar-refractivity contribution in [1.82, 2.24) is 4.90 Å². The van der Waals surface area contributed by atoms with Crippen LogP contribution in [0.25, 0.3) is 0 Å². The predicted octanol–water partition coefficient (Wildman–Crippen LogP) is 3.98. The highest BCUT2D eigenvalue weighted by atomic mass is 35.5. The summed E-state index contributed by atoms with van der Waals surface area (Å²) in [5, 5.41) is 0. The first kappa shape index (κ1) is 19.3. The number of nitrogens with zero attached hydrogens (tertiary/aromatic N) is 2. The number of hydrogen-bond acceptors (Lipinski definition) is 2. The van der Waals surface area contributed by atoms with E-state index in [1.54, 1.807) is 27.9 Å². The lowest BCUT2D eigenvalue weighted by Crippen LogP contribution is -2.49. The first-order chi connectivity index (χ1) is 13.3. The van der Waals surface area contributed by atoms with Gasteiger partial charge in [0.1, 0.15) is 0 Å². The van der Waals surface area contributed by atoms with E-state index in [0.29, 0.717) is 6.42 Å². The summed E-state index contributed by atoms with van der Waals surface area (Å²) >= 11 is 0. The Kier molecular flexibility index (Phi) is 5.63. The second-order valence-electron chi connectivity index (χ2n) is 8.24. The highest BCUT2D eigenvalue weighted by molar-refractivity contribution is 5.85. The van der Waals surface area contributed by atoms with Crippen molar-refractivity contribution in [2.45, 2.75) is 44.9 Å². The normalized spacial score (nSPS) is 17.9. The lowest BCUT2D eigenvalue weighted by atomic mass is 9.97.